The second-order valence-corrected chi connectivity index (χ2v) is 4.78. The highest BCUT2D eigenvalue weighted by atomic mass is 35.5. The van der Waals surface area contributed by atoms with Gasteiger partial charge in [-0.15, -0.1) is 0 Å². The van der Waals surface area contributed by atoms with Crippen molar-refractivity contribution in [3.05, 3.63) is 57.6 Å². The Labute approximate surface area is 124 Å². The Hall–Kier alpha value is -2.67. The third kappa shape index (κ3) is 2.77. The Balaban J connectivity index is 1.83. The number of aromatic amines is 1. The topological polar surface area (TPSA) is 96.7 Å². The number of fused-ring (bicyclic) bond motifs is 1. The summed E-state index contributed by atoms with van der Waals surface area (Å²) in [6.45, 7) is 0.427. The average molecular weight is 304 g/mol. The summed E-state index contributed by atoms with van der Waals surface area (Å²) in [7, 11) is 0. The van der Waals surface area contributed by atoms with Gasteiger partial charge in [-0.2, -0.15) is 0 Å². The van der Waals surface area contributed by atoms with Gasteiger partial charge >= 0.3 is 5.69 Å². The van der Waals surface area contributed by atoms with E-state index in [4.69, 9.17) is 11.6 Å². The number of nitro groups is 1. The van der Waals surface area contributed by atoms with Gasteiger partial charge in [0.05, 0.1) is 22.3 Å². The number of anilines is 1. The Morgan fingerprint density at radius 1 is 1.33 bits per heavy atom. The molecule has 0 bridgehead atoms. The Morgan fingerprint density at radius 3 is 3.00 bits per heavy atom. The number of hydrogen-bond acceptors (Lipinski definition) is 5. The fourth-order valence-corrected chi connectivity index (χ4v) is 2.16. The molecule has 0 amide bonds. The summed E-state index contributed by atoms with van der Waals surface area (Å²) in [5.74, 6) is 0. The number of H-pyrrole nitrogens is 1. The van der Waals surface area contributed by atoms with E-state index in [-0.39, 0.29) is 10.8 Å². The lowest BCUT2D eigenvalue weighted by Gasteiger charge is -2.07. The molecule has 0 fully saturated rings. The number of hydrogen-bond donors (Lipinski definition) is 2. The molecule has 2 aromatic heterocycles. The number of aromatic nitrogens is 3. The summed E-state index contributed by atoms with van der Waals surface area (Å²) in [6, 6.07) is 7.17. The van der Waals surface area contributed by atoms with E-state index in [2.05, 4.69) is 20.3 Å². The summed E-state index contributed by atoms with van der Waals surface area (Å²) in [6.07, 6.45) is 2.76. The summed E-state index contributed by atoms with van der Waals surface area (Å²) >= 11 is 5.78. The molecule has 8 heteroatoms. The van der Waals surface area contributed by atoms with Gasteiger partial charge in [-0.1, -0.05) is 17.7 Å². The Morgan fingerprint density at radius 2 is 2.19 bits per heavy atom. The van der Waals surface area contributed by atoms with E-state index >= 15 is 0 Å². The SMILES string of the molecule is O=[N+]([O-])c1cnc(Cl)cc1NCc1ccc2nc[nH]c2c1. The first-order valence-corrected chi connectivity index (χ1v) is 6.47. The normalized spacial score (nSPS) is 10.7. The lowest BCUT2D eigenvalue weighted by atomic mass is 10.2. The van der Waals surface area contributed by atoms with E-state index in [1.165, 1.54) is 6.07 Å². The van der Waals surface area contributed by atoms with Crippen LogP contribution in [0.5, 0.6) is 0 Å². The summed E-state index contributed by atoms with van der Waals surface area (Å²) in [4.78, 5) is 21.3. The van der Waals surface area contributed by atoms with Crippen molar-refractivity contribution in [2.45, 2.75) is 6.54 Å². The summed E-state index contributed by atoms with van der Waals surface area (Å²) in [5.41, 5.74) is 2.98. The second-order valence-electron chi connectivity index (χ2n) is 4.39. The molecule has 0 aliphatic heterocycles. The number of nitrogens with zero attached hydrogens (tertiary/aromatic N) is 3. The fourth-order valence-electron chi connectivity index (χ4n) is 2.00. The van der Waals surface area contributed by atoms with E-state index in [1.807, 2.05) is 18.2 Å². The van der Waals surface area contributed by atoms with Crippen LogP contribution in [0.4, 0.5) is 11.4 Å². The monoisotopic (exact) mass is 303 g/mol. The van der Waals surface area contributed by atoms with Crippen LogP contribution in [-0.4, -0.2) is 19.9 Å². The number of imidazole rings is 1. The Bertz CT molecular complexity index is 817. The molecule has 1 aromatic carbocycles. The molecule has 0 spiro atoms. The van der Waals surface area contributed by atoms with Crippen molar-refractivity contribution in [1.82, 2.24) is 15.0 Å². The van der Waals surface area contributed by atoms with Crippen LogP contribution in [0, 0.1) is 10.1 Å². The minimum atomic E-state index is -0.496. The second kappa shape index (κ2) is 5.37. The summed E-state index contributed by atoms with van der Waals surface area (Å²) < 4.78 is 0. The maximum atomic E-state index is 11.0. The molecule has 106 valence electrons. The molecule has 0 radical (unpaired) electrons. The van der Waals surface area contributed by atoms with Crippen molar-refractivity contribution in [3.63, 3.8) is 0 Å². The van der Waals surface area contributed by atoms with Crippen LogP contribution in [0.25, 0.3) is 11.0 Å². The lowest BCUT2D eigenvalue weighted by molar-refractivity contribution is -0.384. The van der Waals surface area contributed by atoms with Gasteiger partial charge in [0.15, 0.2) is 0 Å². The van der Waals surface area contributed by atoms with Gasteiger partial charge in [-0.05, 0) is 17.7 Å². The molecule has 2 heterocycles. The molecule has 0 unspecified atom stereocenters. The third-order valence-corrected chi connectivity index (χ3v) is 3.22. The maximum Gasteiger partial charge on any atom is 0.310 e. The molecule has 21 heavy (non-hydrogen) atoms. The van der Waals surface area contributed by atoms with Crippen molar-refractivity contribution < 1.29 is 4.92 Å². The zero-order valence-corrected chi connectivity index (χ0v) is 11.5. The molecule has 0 saturated heterocycles. The molecule has 0 saturated carbocycles. The van der Waals surface area contributed by atoms with E-state index in [1.54, 1.807) is 6.33 Å². The minimum absolute atomic E-state index is 0.109. The first-order chi connectivity index (χ1) is 10.1. The molecule has 3 rings (SSSR count). The van der Waals surface area contributed by atoms with Crippen LogP contribution in [0.3, 0.4) is 0 Å². The largest absolute Gasteiger partial charge is 0.375 e. The quantitative estimate of drug-likeness (QED) is 0.438. The predicted octanol–water partition coefficient (Wildman–Crippen LogP) is 3.13. The smallest absolute Gasteiger partial charge is 0.310 e. The van der Waals surface area contributed by atoms with Crippen molar-refractivity contribution in [2.75, 3.05) is 5.32 Å². The molecule has 0 aliphatic rings. The highest BCUT2D eigenvalue weighted by molar-refractivity contribution is 6.29. The fraction of sp³-hybridized carbons (Fsp3) is 0.0769. The predicted molar refractivity (Wildman–Crippen MR) is 79.3 cm³/mol. The van der Waals surface area contributed by atoms with Gasteiger partial charge in [0.25, 0.3) is 0 Å². The summed E-state index contributed by atoms with van der Waals surface area (Å²) in [5, 5.41) is 14.2. The van der Waals surface area contributed by atoms with E-state index in [9.17, 15) is 10.1 Å². The molecule has 0 aliphatic carbocycles. The van der Waals surface area contributed by atoms with Gasteiger partial charge in [0, 0.05) is 12.6 Å². The van der Waals surface area contributed by atoms with Crippen LogP contribution < -0.4 is 5.32 Å². The number of pyridine rings is 1. The van der Waals surface area contributed by atoms with Gasteiger partial charge < -0.3 is 10.3 Å². The molecule has 0 atom stereocenters. The van der Waals surface area contributed by atoms with Gasteiger partial charge in [-0.3, -0.25) is 10.1 Å². The van der Waals surface area contributed by atoms with E-state index in [0.717, 1.165) is 22.8 Å². The maximum absolute atomic E-state index is 11.0. The molecule has 7 nitrogen and oxygen atoms in total. The number of halogens is 1. The van der Waals surface area contributed by atoms with Crippen LogP contribution >= 0.6 is 11.6 Å². The third-order valence-electron chi connectivity index (χ3n) is 3.01. The van der Waals surface area contributed by atoms with Gasteiger partial charge in [0.1, 0.15) is 17.0 Å². The van der Waals surface area contributed by atoms with E-state index < -0.39 is 4.92 Å². The van der Waals surface area contributed by atoms with Gasteiger partial charge in [0.2, 0.25) is 0 Å². The van der Waals surface area contributed by atoms with E-state index in [0.29, 0.717) is 12.2 Å². The molecule has 3 aromatic rings. The first kappa shape index (κ1) is 13.3. The standard InChI is InChI=1S/C13H10ClN5O2/c14-13-4-11(12(6-16-13)19(20)21)15-5-8-1-2-9-10(3-8)18-7-17-9/h1-4,6-7H,5H2,(H,15,16)(H,17,18). The molecular formula is C13H10ClN5O2. The average Bonchev–Trinajstić information content (AvgIpc) is 2.92. The van der Waals surface area contributed by atoms with Crippen LogP contribution in [0.15, 0.2) is 36.8 Å². The molecule has 2 N–H and O–H groups in total. The molecular weight excluding hydrogens is 294 g/mol. The van der Waals surface area contributed by atoms with Crippen molar-refractivity contribution in [3.8, 4) is 0 Å². The van der Waals surface area contributed by atoms with Gasteiger partial charge in [-0.25, -0.2) is 9.97 Å². The highest BCUT2D eigenvalue weighted by Crippen LogP contribution is 2.26. The van der Waals surface area contributed by atoms with Crippen LogP contribution in [-0.2, 0) is 6.54 Å². The first-order valence-electron chi connectivity index (χ1n) is 6.09. The van der Waals surface area contributed by atoms with Crippen LogP contribution in [0.1, 0.15) is 5.56 Å². The zero-order chi connectivity index (χ0) is 14.8. The number of nitrogens with one attached hydrogen (secondary N) is 2. The number of rotatable bonds is 4. The Kier molecular flexibility index (Phi) is 3.41. The zero-order valence-electron chi connectivity index (χ0n) is 10.7. The number of benzene rings is 1. The minimum Gasteiger partial charge on any atom is -0.375 e. The van der Waals surface area contributed by atoms with Crippen molar-refractivity contribution in [2.24, 2.45) is 0 Å². The van der Waals surface area contributed by atoms with Crippen LogP contribution in [0.2, 0.25) is 5.15 Å². The highest BCUT2D eigenvalue weighted by Gasteiger charge is 2.14. The lowest BCUT2D eigenvalue weighted by Crippen LogP contribution is -2.03. The van der Waals surface area contributed by atoms with Crippen molar-refractivity contribution >= 4 is 34.0 Å². The van der Waals surface area contributed by atoms with Crippen molar-refractivity contribution in [1.29, 1.82) is 0 Å².